The van der Waals surface area contributed by atoms with E-state index in [0.717, 1.165) is 32.8 Å². The molecule has 0 aromatic carbocycles. The first-order valence-electron chi connectivity index (χ1n) is 8.65. The van der Waals surface area contributed by atoms with E-state index < -0.39 is 47.9 Å². The third-order valence-electron chi connectivity index (χ3n) is 5.46. The molecule has 1 heterocycles. The zero-order chi connectivity index (χ0) is 18.6. The molecule has 0 aromatic rings. The maximum absolute atomic E-state index is 12.8. The van der Waals surface area contributed by atoms with Crippen LogP contribution in [0.25, 0.3) is 0 Å². The highest BCUT2D eigenvalue weighted by Crippen LogP contribution is 2.52. The summed E-state index contributed by atoms with van der Waals surface area (Å²) < 4.78 is 20.8. The zero-order valence-electron chi connectivity index (χ0n) is 15.0. The first kappa shape index (κ1) is 20.1. The van der Waals surface area contributed by atoms with Crippen molar-refractivity contribution in [3.05, 3.63) is 0 Å². The second-order valence-corrected chi connectivity index (χ2v) is 6.68. The second-order valence-electron chi connectivity index (χ2n) is 6.68. The van der Waals surface area contributed by atoms with Gasteiger partial charge in [0, 0.05) is 13.0 Å². The molecule has 2 fully saturated rings. The summed E-state index contributed by atoms with van der Waals surface area (Å²) in [4.78, 5) is 25.0. The van der Waals surface area contributed by atoms with Crippen LogP contribution in [0.2, 0.25) is 0 Å². The van der Waals surface area contributed by atoms with Gasteiger partial charge in [-0.15, -0.1) is 0 Å². The Hall–Kier alpha value is -1.22. The Morgan fingerprint density at radius 2 is 1.72 bits per heavy atom. The molecule has 1 aliphatic heterocycles. The van der Waals surface area contributed by atoms with Crippen molar-refractivity contribution in [3.63, 3.8) is 0 Å². The van der Waals surface area contributed by atoms with Gasteiger partial charge in [-0.3, -0.25) is 4.79 Å². The molecule has 1 aliphatic carbocycles. The number of aliphatic hydroxyl groups excluding tert-OH is 2. The number of carbonyl (C=O) groups excluding carboxylic acids is 2. The standard InChI is InChI=1S/C17H28O8/c1-22-14(20)12(19)17(16(21)24-3)10-8-6-4-5-7-9-11(18)13(17)25-15(10)23-2/h10-13,15,18-19H,4-9H2,1-3H3/t10-,11+,12+,13?,15+,17-/m0/s1. The fourth-order valence-corrected chi connectivity index (χ4v) is 4.24. The SMILES string of the molecule is COC(=O)[C@@H](O)[C@]1(C(=O)OC)C2O[C@@H](OC)[C@@H]1CCCCCC[C@H]2O. The third kappa shape index (κ3) is 3.40. The lowest BCUT2D eigenvalue weighted by Gasteiger charge is -2.40. The van der Waals surface area contributed by atoms with Gasteiger partial charge in [0.15, 0.2) is 12.4 Å². The van der Waals surface area contributed by atoms with E-state index in [1.54, 1.807) is 0 Å². The molecule has 6 atom stereocenters. The molecule has 8 nitrogen and oxygen atoms in total. The number of hydrogen-bond donors (Lipinski definition) is 2. The van der Waals surface area contributed by atoms with Gasteiger partial charge >= 0.3 is 11.9 Å². The summed E-state index contributed by atoms with van der Waals surface area (Å²) >= 11 is 0. The lowest BCUT2D eigenvalue weighted by molar-refractivity contribution is -0.190. The highest BCUT2D eigenvalue weighted by atomic mass is 16.7. The monoisotopic (exact) mass is 360 g/mol. The van der Waals surface area contributed by atoms with E-state index in [9.17, 15) is 19.8 Å². The lowest BCUT2D eigenvalue weighted by Crippen LogP contribution is -2.59. The van der Waals surface area contributed by atoms with E-state index in [4.69, 9.17) is 14.2 Å². The van der Waals surface area contributed by atoms with Crippen molar-refractivity contribution in [3.8, 4) is 0 Å². The minimum atomic E-state index is -1.82. The van der Waals surface area contributed by atoms with Gasteiger partial charge in [-0.2, -0.15) is 0 Å². The number of methoxy groups -OCH3 is 3. The van der Waals surface area contributed by atoms with Crippen molar-refractivity contribution in [2.75, 3.05) is 21.3 Å². The van der Waals surface area contributed by atoms with Gasteiger partial charge in [0.2, 0.25) is 0 Å². The summed E-state index contributed by atoms with van der Waals surface area (Å²) in [5.74, 6) is -2.42. The lowest BCUT2D eigenvalue weighted by atomic mass is 9.64. The summed E-state index contributed by atoms with van der Waals surface area (Å²) in [6, 6.07) is 0. The van der Waals surface area contributed by atoms with Crippen LogP contribution in [0.1, 0.15) is 38.5 Å². The van der Waals surface area contributed by atoms with Crippen LogP contribution in [0, 0.1) is 11.3 Å². The molecule has 144 valence electrons. The number of esters is 2. The summed E-state index contributed by atoms with van der Waals surface area (Å²) in [6.07, 6.45) is -0.537. The molecule has 2 N–H and O–H groups in total. The van der Waals surface area contributed by atoms with E-state index in [1.807, 2.05) is 0 Å². The molecular weight excluding hydrogens is 332 g/mol. The van der Waals surface area contributed by atoms with Gasteiger partial charge in [-0.05, 0) is 12.8 Å². The molecule has 8 heteroatoms. The van der Waals surface area contributed by atoms with Crippen LogP contribution in [0.4, 0.5) is 0 Å². The van der Waals surface area contributed by atoms with Crippen LogP contribution in [0.15, 0.2) is 0 Å². The Bertz CT molecular complexity index is 477. The van der Waals surface area contributed by atoms with Crippen molar-refractivity contribution in [2.45, 2.75) is 63.1 Å². The smallest absolute Gasteiger partial charge is 0.336 e. The molecule has 1 saturated heterocycles. The fraction of sp³-hybridized carbons (Fsp3) is 0.882. The Kier molecular flexibility index (Phi) is 6.79. The predicted molar refractivity (Wildman–Crippen MR) is 85.3 cm³/mol. The highest BCUT2D eigenvalue weighted by molar-refractivity contribution is 5.88. The maximum atomic E-state index is 12.8. The van der Waals surface area contributed by atoms with Crippen LogP contribution >= 0.6 is 0 Å². The van der Waals surface area contributed by atoms with E-state index in [0.29, 0.717) is 12.8 Å². The van der Waals surface area contributed by atoms with Crippen molar-refractivity contribution in [2.24, 2.45) is 11.3 Å². The van der Waals surface area contributed by atoms with Crippen molar-refractivity contribution in [1.29, 1.82) is 0 Å². The zero-order valence-corrected chi connectivity index (χ0v) is 15.0. The number of hydrogen-bond acceptors (Lipinski definition) is 8. The minimum Gasteiger partial charge on any atom is -0.468 e. The van der Waals surface area contributed by atoms with Gasteiger partial charge in [-0.25, -0.2) is 4.79 Å². The molecule has 1 saturated carbocycles. The second kappa shape index (κ2) is 8.44. The molecule has 0 aromatic heterocycles. The van der Waals surface area contributed by atoms with Gasteiger partial charge in [0.25, 0.3) is 0 Å². The molecule has 0 spiro atoms. The topological polar surface area (TPSA) is 112 Å². The van der Waals surface area contributed by atoms with E-state index in [-0.39, 0.29) is 0 Å². The van der Waals surface area contributed by atoms with Crippen LogP contribution < -0.4 is 0 Å². The number of rotatable bonds is 4. The van der Waals surface area contributed by atoms with Crippen molar-refractivity contribution in [1.82, 2.24) is 0 Å². The van der Waals surface area contributed by atoms with Gasteiger partial charge in [0.1, 0.15) is 11.5 Å². The average Bonchev–Trinajstić information content (AvgIpc) is 2.95. The van der Waals surface area contributed by atoms with E-state index >= 15 is 0 Å². The molecule has 0 radical (unpaired) electrons. The summed E-state index contributed by atoms with van der Waals surface area (Å²) in [7, 11) is 3.74. The fourth-order valence-electron chi connectivity index (χ4n) is 4.24. The molecule has 2 aliphatic rings. The third-order valence-corrected chi connectivity index (χ3v) is 5.46. The van der Waals surface area contributed by atoms with Gasteiger partial charge in [-0.1, -0.05) is 25.7 Å². The number of fused-ring (bicyclic) bond motifs is 2. The van der Waals surface area contributed by atoms with Crippen molar-refractivity contribution < 1.29 is 38.7 Å². The normalized spacial score (nSPS) is 37.2. The van der Waals surface area contributed by atoms with Crippen LogP contribution in [-0.4, -0.2) is 68.1 Å². The largest absolute Gasteiger partial charge is 0.468 e. The van der Waals surface area contributed by atoms with Gasteiger partial charge < -0.3 is 29.2 Å². The maximum Gasteiger partial charge on any atom is 0.336 e. The predicted octanol–water partition coefficient (Wildman–Crippen LogP) is 0.382. The number of ether oxygens (including phenoxy) is 4. The molecule has 2 rings (SSSR count). The van der Waals surface area contributed by atoms with Crippen LogP contribution in [0.3, 0.4) is 0 Å². The van der Waals surface area contributed by atoms with E-state index in [1.165, 1.54) is 14.2 Å². The first-order valence-corrected chi connectivity index (χ1v) is 8.65. The molecule has 1 unspecified atom stereocenters. The molecule has 25 heavy (non-hydrogen) atoms. The average molecular weight is 360 g/mol. The highest BCUT2D eigenvalue weighted by Gasteiger charge is 2.69. The Morgan fingerprint density at radius 1 is 1.08 bits per heavy atom. The Labute approximate surface area is 147 Å². The molecule has 0 amide bonds. The first-order chi connectivity index (χ1) is 11.9. The summed E-state index contributed by atoms with van der Waals surface area (Å²) in [5, 5.41) is 21.4. The quantitative estimate of drug-likeness (QED) is 0.692. The van der Waals surface area contributed by atoms with Crippen LogP contribution in [0.5, 0.6) is 0 Å². The molecule has 2 bridgehead atoms. The Balaban J connectivity index is 2.59. The summed E-state index contributed by atoms with van der Waals surface area (Å²) in [6.45, 7) is 0. The molecular formula is C17H28O8. The Morgan fingerprint density at radius 3 is 2.28 bits per heavy atom. The van der Waals surface area contributed by atoms with Crippen molar-refractivity contribution >= 4 is 11.9 Å². The number of carbonyl (C=O) groups is 2. The minimum absolute atomic E-state index is 0.389. The summed E-state index contributed by atoms with van der Waals surface area (Å²) in [5.41, 5.74) is -1.78. The van der Waals surface area contributed by atoms with Crippen LogP contribution in [-0.2, 0) is 28.5 Å². The van der Waals surface area contributed by atoms with E-state index in [2.05, 4.69) is 4.74 Å². The number of aliphatic hydroxyl groups is 2. The van der Waals surface area contributed by atoms with Gasteiger partial charge in [0.05, 0.1) is 20.3 Å².